The normalized spacial score (nSPS) is 44.2. The predicted octanol–water partition coefficient (Wildman–Crippen LogP) is 2.50. The topological polar surface area (TPSA) is 24.4 Å². The van der Waals surface area contributed by atoms with E-state index in [0.717, 1.165) is 30.3 Å². The highest BCUT2D eigenvalue weighted by atomic mass is 32.2. The zero-order valence-electron chi connectivity index (χ0n) is 9.41. The van der Waals surface area contributed by atoms with Crippen LogP contribution < -0.4 is 5.32 Å². The monoisotopic (exact) mass is 224 g/mol. The van der Waals surface area contributed by atoms with E-state index < -0.39 is 0 Å². The molecule has 0 aromatic heterocycles. The van der Waals surface area contributed by atoms with Crippen molar-refractivity contribution in [3.05, 3.63) is 0 Å². The third kappa shape index (κ3) is 2.03. The maximum absolute atomic E-state index is 4.63. The molecule has 2 fully saturated rings. The molecule has 3 rings (SSSR count). The molecule has 2 saturated carbocycles. The maximum atomic E-state index is 4.63. The number of aliphatic imine (C=N–C) groups is 1. The molecule has 15 heavy (non-hydrogen) atoms. The van der Waals surface area contributed by atoms with Crippen molar-refractivity contribution in [3.63, 3.8) is 0 Å². The molecule has 4 atom stereocenters. The van der Waals surface area contributed by atoms with Gasteiger partial charge in [0.1, 0.15) is 0 Å². The first-order chi connectivity index (χ1) is 7.31. The molecule has 0 saturated heterocycles. The molecular weight excluding hydrogens is 204 g/mol. The van der Waals surface area contributed by atoms with E-state index in [0.29, 0.717) is 0 Å². The summed E-state index contributed by atoms with van der Waals surface area (Å²) < 4.78 is 0. The van der Waals surface area contributed by atoms with Crippen molar-refractivity contribution in [1.82, 2.24) is 5.32 Å². The van der Waals surface area contributed by atoms with Gasteiger partial charge in [0.25, 0.3) is 0 Å². The summed E-state index contributed by atoms with van der Waals surface area (Å²) in [5.41, 5.74) is 0. The molecule has 2 aliphatic carbocycles. The van der Waals surface area contributed by atoms with Crippen molar-refractivity contribution in [3.8, 4) is 0 Å². The second kappa shape index (κ2) is 4.00. The summed E-state index contributed by atoms with van der Waals surface area (Å²) in [6, 6.07) is 0.753. The molecule has 3 heteroatoms. The Morgan fingerprint density at radius 1 is 1.33 bits per heavy atom. The van der Waals surface area contributed by atoms with Crippen LogP contribution in [-0.2, 0) is 0 Å². The molecule has 1 N–H and O–H groups in total. The van der Waals surface area contributed by atoms with Gasteiger partial charge in [-0.1, -0.05) is 25.1 Å². The van der Waals surface area contributed by atoms with Crippen molar-refractivity contribution in [2.24, 2.45) is 22.7 Å². The van der Waals surface area contributed by atoms with Gasteiger partial charge in [-0.2, -0.15) is 0 Å². The minimum absolute atomic E-state index is 0.753. The number of nitrogens with zero attached hydrogens (tertiary/aromatic N) is 1. The summed E-state index contributed by atoms with van der Waals surface area (Å²) in [6.45, 7) is 3.31. The van der Waals surface area contributed by atoms with E-state index in [1.165, 1.54) is 36.6 Å². The Bertz CT molecular complexity index is 277. The lowest BCUT2D eigenvalue weighted by atomic mass is 9.96. The molecule has 2 bridgehead atoms. The standard InChI is InChI=1S/C12H20N2S/c1-8-6-13-12(15-7-8)14-11-5-9-2-3-10(11)4-9/h8-11H,2-7H2,1H3,(H,13,14). The zero-order chi connectivity index (χ0) is 10.3. The number of fused-ring (bicyclic) bond motifs is 2. The number of hydrogen-bond donors (Lipinski definition) is 1. The largest absolute Gasteiger partial charge is 0.362 e. The summed E-state index contributed by atoms with van der Waals surface area (Å²) in [5.74, 6) is 3.99. The van der Waals surface area contributed by atoms with Gasteiger partial charge in [0.05, 0.1) is 0 Å². The molecule has 2 nitrogen and oxygen atoms in total. The van der Waals surface area contributed by atoms with E-state index in [9.17, 15) is 0 Å². The molecule has 0 aromatic carbocycles. The van der Waals surface area contributed by atoms with Crippen LogP contribution in [-0.4, -0.2) is 23.5 Å². The highest BCUT2D eigenvalue weighted by Crippen LogP contribution is 2.44. The Morgan fingerprint density at radius 3 is 2.87 bits per heavy atom. The summed E-state index contributed by atoms with van der Waals surface area (Å²) in [5, 5.41) is 4.91. The molecule has 0 spiro atoms. The van der Waals surface area contributed by atoms with E-state index in [-0.39, 0.29) is 0 Å². The molecule has 4 unspecified atom stereocenters. The predicted molar refractivity (Wildman–Crippen MR) is 66.3 cm³/mol. The van der Waals surface area contributed by atoms with Crippen LogP contribution in [0.25, 0.3) is 0 Å². The Kier molecular flexibility index (Phi) is 2.67. The quantitative estimate of drug-likeness (QED) is 0.740. The van der Waals surface area contributed by atoms with Gasteiger partial charge >= 0.3 is 0 Å². The first-order valence-electron chi connectivity index (χ1n) is 6.25. The van der Waals surface area contributed by atoms with Crippen molar-refractivity contribution in [2.75, 3.05) is 12.3 Å². The highest BCUT2D eigenvalue weighted by molar-refractivity contribution is 8.13. The van der Waals surface area contributed by atoms with Crippen molar-refractivity contribution < 1.29 is 0 Å². The molecule has 0 amide bonds. The average molecular weight is 224 g/mol. The summed E-state index contributed by atoms with van der Waals surface area (Å²) >= 11 is 1.92. The zero-order valence-corrected chi connectivity index (χ0v) is 10.2. The maximum Gasteiger partial charge on any atom is 0.156 e. The molecule has 0 aromatic rings. The van der Waals surface area contributed by atoms with E-state index in [2.05, 4.69) is 17.2 Å². The first-order valence-corrected chi connectivity index (χ1v) is 7.23. The fourth-order valence-electron chi connectivity index (χ4n) is 3.23. The summed E-state index contributed by atoms with van der Waals surface area (Å²) in [4.78, 5) is 4.63. The Hall–Kier alpha value is -0.180. The van der Waals surface area contributed by atoms with Gasteiger partial charge in [-0.15, -0.1) is 0 Å². The molecule has 84 valence electrons. The molecule has 3 aliphatic rings. The lowest BCUT2D eigenvalue weighted by Gasteiger charge is -2.26. The van der Waals surface area contributed by atoms with E-state index in [1.807, 2.05) is 11.8 Å². The molecule has 0 radical (unpaired) electrons. The Labute approximate surface area is 96.3 Å². The Morgan fingerprint density at radius 2 is 2.27 bits per heavy atom. The third-order valence-corrected chi connectivity index (χ3v) is 5.35. The van der Waals surface area contributed by atoms with Crippen LogP contribution in [0, 0.1) is 17.8 Å². The molecule has 1 aliphatic heterocycles. The number of thioether (sulfide) groups is 1. The first kappa shape index (κ1) is 10.0. The third-order valence-electron chi connectivity index (χ3n) is 4.10. The van der Waals surface area contributed by atoms with Crippen LogP contribution in [0.3, 0.4) is 0 Å². The fourth-order valence-corrected chi connectivity index (χ4v) is 4.17. The second-order valence-electron chi connectivity index (χ2n) is 5.49. The lowest BCUT2D eigenvalue weighted by Crippen LogP contribution is -2.38. The van der Waals surface area contributed by atoms with Crippen LogP contribution in [0.15, 0.2) is 4.99 Å². The molecular formula is C12H20N2S. The number of amidine groups is 1. The van der Waals surface area contributed by atoms with Gasteiger partial charge in [-0.3, -0.25) is 4.99 Å². The molecule has 1 heterocycles. The van der Waals surface area contributed by atoms with Gasteiger partial charge in [-0.25, -0.2) is 0 Å². The minimum atomic E-state index is 0.753. The SMILES string of the molecule is CC1CN=C(NC2CC3CCC2C3)SC1. The van der Waals surface area contributed by atoms with E-state index >= 15 is 0 Å². The summed E-state index contributed by atoms with van der Waals surface area (Å²) in [7, 11) is 0. The van der Waals surface area contributed by atoms with E-state index in [1.54, 1.807) is 0 Å². The number of rotatable bonds is 1. The minimum Gasteiger partial charge on any atom is -0.362 e. The number of hydrogen-bond acceptors (Lipinski definition) is 3. The van der Waals surface area contributed by atoms with Crippen LogP contribution >= 0.6 is 11.8 Å². The van der Waals surface area contributed by atoms with Crippen LogP contribution in [0.1, 0.15) is 32.6 Å². The van der Waals surface area contributed by atoms with Crippen LogP contribution in [0.4, 0.5) is 0 Å². The van der Waals surface area contributed by atoms with Crippen molar-refractivity contribution in [1.29, 1.82) is 0 Å². The van der Waals surface area contributed by atoms with E-state index in [4.69, 9.17) is 0 Å². The number of nitrogens with one attached hydrogen (secondary N) is 1. The smallest absolute Gasteiger partial charge is 0.156 e. The average Bonchev–Trinajstić information content (AvgIpc) is 2.83. The fraction of sp³-hybridized carbons (Fsp3) is 0.917. The van der Waals surface area contributed by atoms with Gasteiger partial charge < -0.3 is 5.32 Å². The van der Waals surface area contributed by atoms with Gasteiger partial charge in [0.15, 0.2) is 5.17 Å². The Balaban J connectivity index is 1.57. The van der Waals surface area contributed by atoms with Gasteiger partial charge in [0, 0.05) is 18.3 Å². The summed E-state index contributed by atoms with van der Waals surface area (Å²) in [6.07, 6.45) is 5.82. The second-order valence-corrected chi connectivity index (χ2v) is 6.50. The van der Waals surface area contributed by atoms with Crippen LogP contribution in [0.2, 0.25) is 0 Å². The van der Waals surface area contributed by atoms with Crippen molar-refractivity contribution >= 4 is 16.9 Å². The van der Waals surface area contributed by atoms with Gasteiger partial charge in [0.2, 0.25) is 0 Å². The van der Waals surface area contributed by atoms with Crippen molar-refractivity contribution in [2.45, 2.75) is 38.6 Å². The van der Waals surface area contributed by atoms with Gasteiger partial charge in [-0.05, 0) is 37.0 Å². The highest BCUT2D eigenvalue weighted by Gasteiger charge is 2.39. The van der Waals surface area contributed by atoms with Crippen LogP contribution in [0.5, 0.6) is 0 Å². The lowest BCUT2D eigenvalue weighted by molar-refractivity contribution is 0.391.